The molecule has 0 saturated carbocycles. The Kier molecular flexibility index (Phi) is 4.89. The van der Waals surface area contributed by atoms with Gasteiger partial charge in [0.05, 0.1) is 0 Å². The van der Waals surface area contributed by atoms with E-state index in [9.17, 15) is 0 Å². The van der Waals surface area contributed by atoms with Crippen LogP contribution in [0.5, 0.6) is 0 Å². The molecular formula is C6H17NO2Si. The number of nitrogens with two attached hydrogens (primary N) is 1. The molecule has 0 fully saturated rings. The van der Waals surface area contributed by atoms with Gasteiger partial charge in [0.25, 0.3) is 0 Å². The Labute approximate surface area is 63.8 Å². The second-order valence-electron chi connectivity index (χ2n) is 2.32. The van der Waals surface area contributed by atoms with Crippen LogP contribution in [-0.4, -0.2) is 22.9 Å². The van der Waals surface area contributed by atoms with Gasteiger partial charge in [-0.15, -0.1) is 0 Å². The van der Waals surface area contributed by atoms with Crippen LogP contribution in [0.2, 0.25) is 6.04 Å². The molecule has 0 aromatic carbocycles. The Morgan fingerprint density at radius 2 is 1.80 bits per heavy atom. The van der Waals surface area contributed by atoms with Crippen LogP contribution in [0.1, 0.15) is 19.8 Å². The van der Waals surface area contributed by atoms with Gasteiger partial charge in [-0.05, 0) is 0 Å². The fourth-order valence-corrected chi connectivity index (χ4v) is 2.13. The lowest BCUT2D eigenvalue weighted by molar-refractivity contribution is 0.242. The van der Waals surface area contributed by atoms with Crippen molar-refractivity contribution in [3.63, 3.8) is 0 Å². The normalized spacial score (nSPS) is 12.0. The molecule has 0 aliphatic rings. The molecule has 3 nitrogen and oxygen atoms in total. The van der Waals surface area contributed by atoms with E-state index in [1.54, 1.807) is 14.2 Å². The summed E-state index contributed by atoms with van der Waals surface area (Å²) in [5, 5.41) is 5.78. The van der Waals surface area contributed by atoms with Crippen LogP contribution in [0.4, 0.5) is 0 Å². The zero-order chi connectivity index (χ0) is 8.04. The quantitative estimate of drug-likeness (QED) is 0.614. The van der Waals surface area contributed by atoms with Gasteiger partial charge in [-0.1, -0.05) is 19.8 Å². The third kappa shape index (κ3) is 3.31. The molecule has 0 aliphatic carbocycles. The van der Waals surface area contributed by atoms with Gasteiger partial charge < -0.3 is 14.3 Å². The van der Waals surface area contributed by atoms with Gasteiger partial charge in [-0.25, -0.2) is 0 Å². The SMILES string of the molecule is CCCC[Si](N)(OC)OC. The second-order valence-corrected chi connectivity index (χ2v) is 5.26. The van der Waals surface area contributed by atoms with E-state index in [4.69, 9.17) is 14.3 Å². The largest absolute Gasteiger partial charge is 0.421 e. The summed E-state index contributed by atoms with van der Waals surface area (Å²) < 4.78 is 10.2. The van der Waals surface area contributed by atoms with Crippen molar-refractivity contribution in [2.75, 3.05) is 14.2 Å². The molecule has 0 radical (unpaired) electrons. The summed E-state index contributed by atoms with van der Waals surface area (Å²) in [5.41, 5.74) is 0. The van der Waals surface area contributed by atoms with E-state index in [2.05, 4.69) is 6.92 Å². The summed E-state index contributed by atoms with van der Waals surface area (Å²) in [6.45, 7) is 2.13. The average molecular weight is 163 g/mol. The third-order valence-corrected chi connectivity index (χ3v) is 4.00. The molecule has 0 atom stereocenters. The zero-order valence-electron chi connectivity index (χ0n) is 7.02. The zero-order valence-corrected chi connectivity index (χ0v) is 8.02. The number of hydrogen-bond donors (Lipinski definition) is 1. The lowest BCUT2D eigenvalue weighted by atomic mass is 10.4. The monoisotopic (exact) mass is 163 g/mol. The predicted molar refractivity (Wildman–Crippen MR) is 43.7 cm³/mol. The van der Waals surface area contributed by atoms with Gasteiger partial charge in [0.1, 0.15) is 0 Å². The molecule has 0 aromatic rings. The fourth-order valence-electron chi connectivity index (χ4n) is 0.711. The van der Waals surface area contributed by atoms with E-state index < -0.39 is 8.72 Å². The molecule has 4 heteroatoms. The van der Waals surface area contributed by atoms with Crippen molar-refractivity contribution >= 4 is 8.72 Å². The van der Waals surface area contributed by atoms with Crippen LogP contribution in [0.15, 0.2) is 0 Å². The van der Waals surface area contributed by atoms with Crippen LogP contribution in [0, 0.1) is 0 Å². The molecule has 0 heterocycles. The predicted octanol–water partition coefficient (Wildman–Crippen LogP) is 0.977. The van der Waals surface area contributed by atoms with E-state index in [0.29, 0.717) is 0 Å². The molecule has 0 bridgehead atoms. The Balaban J connectivity index is 3.58. The average Bonchev–Trinajstić information content (AvgIpc) is 2.00. The number of unbranched alkanes of at least 4 members (excludes halogenated alkanes) is 1. The number of hydrogen-bond acceptors (Lipinski definition) is 3. The van der Waals surface area contributed by atoms with Crippen LogP contribution in [0.25, 0.3) is 0 Å². The van der Waals surface area contributed by atoms with E-state index >= 15 is 0 Å². The van der Waals surface area contributed by atoms with E-state index in [1.807, 2.05) is 0 Å². The summed E-state index contributed by atoms with van der Waals surface area (Å²) in [6.07, 6.45) is 2.23. The van der Waals surface area contributed by atoms with Gasteiger partial charge in [0.2, 0.25) is 0 Å². The smallest absolute Gasteiger partial charge is 0.386 e. The van der Waals surface area contributed by atoms with Gasteiger partial charge in [-0.3, -0.25) is 0 Å². The highest BCUT2D eigenvalue weighted by molar-refractivity contribution is 6.63. The molecule has 0 rings (SSSR count). The van der Waals surface area contributed by atoms with Crippen molar-refractivity contribution in [2.45, 2.75) is 25.8 Å². The summed E-state index contributed by atoms with van der Waals surface area (Å²) >= 11 is 0. The van der Waals surface area contributed by atoms with E-state index in [1.165, 1.54) is 0 Å². The number of rotatable bonds is 5. The topological polar surface area (TPSA) is 44.5 Å². The first kappa shape index (κ1) is 10.1. The van der Waals surface area contributed by atoms with Crippen LogP contribution < -0.4 is 5.40 Å². The Morgan fingerprint density at radius 1 is 1.30 bits per heavy atom. The lowest BCUT2D eigenvalue weighted by Crippen LogP contribution is -2.50. The highest BCUT2D eigenvalue weighted by Crippen LogP contribution is 2.08. The van der Waals surface area contributed by atoms with Gasteiger partial charge in [0, 0.05) is 20.3 Å². The lowest BCUT2D eigenvalue weighted by Gasteiger charge is -2.20. The Morgan fingerprint density at radius 3 is 2.10 bits per heavy atom. The van der Waals surface area contributed by atoms with Gasteiger partial charge in [-0.2, -0.15) is 0 Å². The minimum Gasteiger partial charge on any atom is -0.386 e. The molecule has 62 valence electrons. The first-order chi connectivity index (χ1) is 4.68. The molecule has 0 aliphatic heterocycles. The van der Waals surface area contributed by atoms with Gasteiger partial charge >= 0.3 is 8.72 Å². The highest BCUT2D eigenvalue weighted by Gasteiger charge is 2.29. The summed E-state index contributed by atoms with van der Waals surface area (Å²) in [4.78, 5) is 0. The van der Waals surface area contributed by atoms with Crippen molar-refractivity contribution in [3.8, 4) is 0 Å². The maximum Gasteiger partial charge on any atom is 0.421 e. The maximum atomic E-state index is 5.78. The van der Waals surface area contributed by atoms with Crippen molar-refractivity contribution in [1.29, 1.82) is 0 Å². The van der Waals surface area contributed by atoms with Crippen molar-refractivity contribution in [2.24, 2.45) is 5.40 Å². The first-order valence-electron chi connectivity index (χ1n) is 3.57. The summed E-state index contributed by atoms with van der Waals surface area (Å²) in [5.74, 6) is 0. The minimum atomic E-state index is -2.22. The molecule has 0 spiro atoms. The Hall–Kier alpha value is 0.0969. The fraction of sp³-hybridized carbons (Fsp3) is 1.00. The maximum absolute atomic E-state index is 5.78. The third-order valence-electron chi connectivity index (χ3n) is 1.57. The van der Waals surface area contributed by atoms with E-state index in [-0.39, 0.29) is 0 Å². The van der Waals surface area contributed by atoms with Crippen molar-refractivity contribution in [1.82, 2.24) is 0 Å². The summed E-state index contributed by atoms with van der Waals surface area (Å²) in [7, 11) is 1.01. The van der Waals surface area contributed by atoms with E-state index in [0.717, 1.165) is 18.9 Å². The summed E-state index contributed by atoms with van der Waals surface area (Å²) in [6, 6.07) is 0.885. The van der Waals surface area contributed by atoms with Crippen LogP contribution >= 0.6 is 0 Å². The molecule has 0 amide bonds. The molecule has 10 heavy (non-hydrogen) atoms. The van der Waals surface area contributed by atoms with Crippen LogP contribution in [-0.2, 0) is 8.85 Å². The molecule has 2 N–H and O–H groups in total. The molecular weight excluding hydrogens is 146 g/mol. The standard InChI is InChI=1S/C6H17NO2Si/c1-4-5-6-10(7,8-2)9-3/h4-7H2,1-3H3. The molecule has 0 unspecified atom stereocenters. The van der Waals surface area contributed by atoms with Crippen LogP contribution in [0.3, 0.4) is 0 Å². The minimum absolute atomic E-state index is 0.885. The highest BCUT2D eigenvalue weighted by atomic mass is 28.4. The second kappa shape index (κ2) is 4.84. The molecule has 0 aromatic heterocycles. The van der Waals surface area contributed by atoms with Crippen molar-refractivity contribution < 1.29 is 8.85 Å². The van der Waals surface area contributed by atoms with Gasteiger partial charge in [0.15, 0.2) is 0 Å². The van der Waals surface area contributed by atoms with Crippen molar-refractivity contribution in [3.05, 3.63) is 0 Å². The first-order valence-corrected chi connectivity index (χ1v) is 5.68. The Bertz CT molecular complexity index is 85.8. The molecule has 0 saturated heterocycles.